The predicted molar refractivity (Wildman–Crippen MR) is 109 cm³/mol. The Morgan fingerprint density at radius 1 is 0.933 bits per heavy atom. The van der Waals surface area contributed by atoms with Crippen molar-refractivity contribution < 1.29 is 13.6 Å². The van der Waals surface area contributed by atoms with Crippen LogP contribution in [0.2, 0.25) is 0 Å². The maximum atomic E-state index is 13.4. The molecular formula is C23H14F2N4O. The molecule has 4 aromatic rings. The fraction of sp³-hybridized carbons (Fsp3) is 0.0435. The third kappa shape index (κ3) is 3.84. The Balaban J connectivity index is 1.89. The molecule has 0 saturated heterocycles. The summed E-state index contributed by atoms with van der Waals surface area (Å²) in [6, 6.07) is 13.2. The van der Waals surface area contributed by atoms with Gasteiger partial charge in [-0.25, -0.2) is 23.7 Å². The summed E-state index contributed by atoms with van der Waals surface area (Å²) in [4.78, 5) is 25.6. The molecular weight excluding hydrogens is 386 g/mol. The minimum atomic E-state index is -0.384. The number of pyridine rings is 1. The van der Waals surface area contributed by atoms with Gasteiger partial charge in [0.1, 0.15) is 17.2 Å². The molecule has 7 heteroatoms. The Morgan fingerprint density at radius 2 is 1.50 bits per heavy atom. The van der Waals surface area contributed by atoms with E-state index in [4.69, 9.17) is 6.42 Å². The third-order valence-electron chi connectivity index (χ3n) is 4.37. The molecule has 0 atom stereocenters. The summed E-state index contributed by atoms with van der Waals surface area (Å²) < 4.78 is 26.8. The number of aromatic nitrogens is 3. The van der Waals surface area contributed by atoms with Crippen molar-refractivity contribution in [3.63, 3.8) is 0 Å². The van der Waals surface area contributed by atoms with Crippen molar-refractivity contribution in [2.45, 2.75) is 0 Å². The second-order valence-corrected chi connectivity index (χ2v) is 6.39. The van der Waals surface area contributed by atoms with Crippen LogP contribution in [0.1, 0.15) is 10.4 Å². The van der Waals surface area contributed by atoms with Gasteiger partial charge in [-0.2, -0.15) is 0 Å². The highest BCUT2D eigenvalue weighted by atomic mass is 19.1. The van der Waals surface area contributed by atoms with E-state index in [1.807, 2.05) is 0 Å². The van der Waals surface area contributed by atoms with Gasteiger partial charge in [0.05, 0.1) is 23.5 Å². The second-order valence-electron chi connectivity index (χ2n) is 6.39. The first-order valence-electron chi connectivity index (χ1n) is 8.96. The van der Waals surface area contributed by atoms with E-state index in [-0.39, 0.29) is 29.6 Å². The summed E-state index contributed by atoms with van der Waals surface area (Å²) in [6.45, 7) is 0.0902. The number of carbonyl (C=O) groups is 1. The van der Waals surface area contributed by atoms with Crippen LogP contribution in [0.3, 0.4) is 0 Å². The smallest absolute Gasteiger partial charge is 0.253 e. The highest BCUT2D eigenvalue weighted by molar-refractivity contribution is 5.97. The number of nitrogens with one attached hydrogen (secondary N) is 1. The molecule has 0 unspecified atom stereocenters. The minimum Gasteiger partial charge on any atom is -0.341 e. The molecule has 0 aliphatic carbocycles. The monoisotopic (exact) mass is 400 g/mol. The number of benzene rings is 2. The normalized spacial score (nSPS) is 10.6. The highest BCUT2D eigenvalue weighted by Crippen LogP contribution is 2.31. The summed E-state index contributed by atoms with van der Waals surface area (Å²) in [5, 5.41) is 2.57. The summed E-state index contributed by atoms with van der Waals surface area (Å²) in [5.41, 5.74) is 3.15. The SMILES string of the molecule is C#CCNC(=O)c1cnc2nc(-c3ccc(F)cc3)c(-c3ccc(F)cc3)nc2c1. The number of hydrogen-bond acceptors (Lipinski definition) is 4. The standard InChI is InChI=1S/C23H14F2N4O/c1-2-11-26-23(30)16-12-19-22(27-13-16)29-21(15-5-9-18(25)10-6-15)20(28-19)14-3-7-17(24)8-4-14/h1,3-10,12-13H,11H2,(H,26,30). The van der Waals surface area contributed by atoms with Crippen molar-refractivity contribution in [3.8, 4) is 34.9 Å². The van der Waals surface area contributed by atoms with Crippen LogP contribution in [0.5, 0.6) is 0 Å². The average Bonchev–Trinajstić information content (AvgIpc) is 2.77. The quantitative estimate of drug-likeness (QED) is 0.526. The van der Waals surface area contributed by atoms with Gasteiger partial charge in [0.2, 0.25) is 0 Å². The Morgan fingerprint density at radius 3 is 2.07 bits per heavy atom. The zero-order valence-electron chi connectivity index (χ0n) is 15.6. The van der Waals surface area contributed by atoms with E-state index in [0.29, 0.717) is 33.7 Å². The van der Waals surface area contributed by atoms with E-state index in [1.54, 1.807) is 30.3 Å². The molecule has 2 aromatic heterocycles. The van der Waals surface area contributed by atoms with E-state index in [2.05, 4.69) is 26.2 Å². The molecule has 0 aliphatic rings. The van der Waals surface area contributed by atoms with Crippen molar-refractivity contribution in [2.24, 2.45) is 0 Å². The van der Waals surface area contributed by atoms with Crippen molar-refractivity contribution >= 4 is 17.1 Å². The van der Waals surface area contributed by atoms with Crippen LogP contribution in [-0.2, 0) is 0 Å². The lowest BCUT2D eigenvalue weighted by Crippen LogP contribution is -2.23. The van der Waals surface area contributed by atoms with Crippen LogP contribution >= 0.6 is 0 Å². The predicted octanol–water partition coefficient (Wildman–Crippen LogP) is 4.00. The largest absolute Gasteiger partial charge is 0.341 e. The molecule has 2 aromatic carbocycles. The topological polar surface area (TPSA) is 67.8 Å². The van der Waals surface area contributed by atoms with Gasteiger partial charge in [0.25, 0.3) is 5.91 Å². The number of terminal acetylenes is 1. The van der Waals surface area contributed by atoms with Crippen LogP contribution in [-0.4, -0.2) is 27.4 Å². The van der Waals surface area contributed by atoms with Crippen molar-refractivity contribution in [3.05, 3.63) is 78.0 Å². The van der Waals surface area contributed by atoms with E-state index >= 15 is 0 Å². The molecule has 4 rings (SSSR count). The molecule has 0 fully saturated rings. The van der Waals surface area contributed by atoms with Crippen molar-refractivity contribution in [2.75, 3.05) is 6.54 Å². The van der Waals surface area contributed by atoms with Crippen LogP contribution in [0, 0.1) is 24.0 Å². The van der Waals surface area contributed by atoms with Crippen molar-refractivity contribution in [1.29, 1.82) is 0 Å². The minimum absolute atomic E-state index is 0.0902. The number of amides is 1. The summed E-state index contributed by atoms with van der Waals surface area (Å²) in [6.07, 6.45) is 6.55. The molecule has 1 N–H and O–H groups in total. The molecule has 30 heavy (non-hydrogen) atoms. The first-order valence-corrected chi connectivity index (χ1v) is 8.96. The molecule has 5 nitrogen and oxygen atoms in total. The van der Waals surface area contributed by atoms with Crippen molar-refractivity contribution in [1.82, 2.24) is 20.3 Å². The first-order chi connectivity index (χ1) is 14.5. The lowest BCUT2D eigenvalue weighted by atomic mass is 10.0. The van der Waals surface area contributed by atoms with E-state index in [1.165, 1.54) is 30.5 Å². The van der Waals surface area contributed by atoms with Crippen LogP contribution in [0.25, 0.3) is 33.7 Å². The number of halogens is 2. The maximum absolute atomic E-state index is 13.4. The molecule has 2 heterocycles. The van der Waals surface area contributed by atoms with Gasteiger partial charge in [0.15, 0.2) is 5.65 Å². The third-order valence-corrected chi connectivity index (χ3v) is 4.37. The number of nitrogens with zero attached hydrogens (tertiary/aromatic N) is 3. The summed E-state index contributed by atoms with van der Waals surface area (Å²) >= 11 is 0. The van der Waals surface area contributed by atoms with Gasteiger partial charge in [-0.3, -0.25) is 4.79 Å². The van der Waals surface area contributed by atoms with E-state index in [9.17, 15) is 13.6 Å². The molecule has 146 valence electrons. The zero-order valence-corrected chi connectivity index (χ0v) is 15.6. The van der Waals surface area contributed by atoms with Crippen LogP contribution < -0.4 is 5.32 Å². The molecule has 0 saturated carbocycles. The lowest BCUT2D eigenvalue weighted by Gasteiger charge is -2.11. The summed E-state index contributed by atoms with van der Waals surface area (Å²) in [5.74, 6) is 1.19. The Kier molecular flexibility index (Phi) is 5.14. The van der Waals surface area contributed by atoms with Crippen LogP contribution in [0.4, 0.5) is 8.78 Å². The van der Waals surface area contributed by atoms with Gasteiger partial charge in [-0.05, 0) is 54.6 Å². The Bertz CT molecular complexity index is 1280. The summed E-state index contributed by atoms with van der Waals surface area (Å²) in [7, 11) is 0. The molecule has 0 bridgehead atoms. The lowest BCUT2D eigenvalue weighted by molar-refractivity contribution is 0.0958. The van der Waals surface area contributed by atoms with Gasteiger partial charge in [0, 0.05) is 17.3 Å². The number of rotatable bonds is 4. The Hall–Kier alpha value is -4.18. The second kappa shape index (κ2) is 8.05. The number of fused-ring (bicyclic) bond motifs is 1. The average molecular weight is 400 g/mol. The van der Waals surface area contributed by atoms with E-state index < -0.39 is 0 Å². The zero-order chi connectivity index (χ0) is 21.1. The molecule has 0 aliphatic heterocycles. The number of carbonyl (C=O) groups excluding carboxylic acids is 1. The molecule has 0 spiro atoms. The Labute approximate surface area is 170 Å². The fourth-order valence-electron chi connectivity index (χ4n) is 2.92. The van der Waals surface area contributed by atoms with Gasteiger partial charge in [-0.1, -0.05) is 5.92 Å². The molecule has 0 radical (unpaired) electrons. The highest BCUT2D eigenvalue weighted by Gasteiger charge is 2.16. The van der Waals surface area contributed by atoms with Gasteiger partial charge >= 0.3 is 0 Å². The van der Waals surface area contributed by atoms with E-state index in [0.717, 1.165) is 0 Å². The van der Waals surface area contributed by atoms with Gasteiger partial charge in [-0.15, -0.1) is 6.42 Å². The number of hydrogen-bond donors (Lipinski definition) is 1. The molecule has 1 amide bonds. The van der Waals surface area contributed by atoms with Gasteiger partial charge < -0.3 is 5.32 Å². The first kappa shape index (κ1) is 19.2. The maximum Gasteiger partial charge on any atom is 0.253 e. The van der Waals surface area contributed by atoms with Crippen LogP contribution in [0.15, 0.2) is 60.8 Å². The fourth-order valence-corrected chi connectivity index (χ4v) is 2.92.